The Bertz CT molecular complexity index is 391. The number of halogens is 2. The van der Waals surface area contributed by atoms with E-state index >= 15 is 0 Å². The van der Waals surface area contributed by atoms with Crippen LogP contribution in [0.2, 0.25) is 10.0 Å². The highest BCUT2D eigenvalue weighted by Gasteiger charge is 2.36. The van der Waals surface area contributed by atoms with Crippen molar-refractivity contribution in [3.8, 4) is 0 Å². The Balaban J connectivity index is 2.05. The molecular weight excluding hydrogens is 259 g/mol. The van der Waals surface area contributed by atoms with Crippen LogP contribution in [0.25, 0.3) is 0 Å². The highest BCUT2D eigenvalue weighted by molar-refractivity contribution is 6.33. The van der Waals surface area contributed by atoms with E-state index in [0.717, 1.165) is 18.4 Å². The molecule has 0 saturated heterocycles. The van der Waals surface area contributed by atoms with Gasteiger partial charge in [-0.2, -0.15) is 0 Å². The number of hydrogen-bond acceptors (Lipinski definition) is 2. The Morgan fingerprint density at radius 2 is 2.12 bits per heavy atom. The molecule has 1 saturated carbocycles. The summed E-state index contributed by atoms with van der Waals surface area (Å²) in [6, 6.07) is 5.30. The molecule has 0 spiro atoms. The summed E-state index contributed by atoms with van der Waals surface area (Å²) in [6.07, 6.45) is 2.14. The van der Waals surface area contributed by atoms with Crippen molar-refractivity contribution < 1.29 is 9.84 Å². The van der Waals surface area contributed by atoms with Crippen molar-refractivity contribution in [2.75, 3.05) is 7.11 Å². The number of methoxy groups -OCH3 is 1. The van der Waals surface area contributed by atoms with E-state index in [1.165, 1.54) is 0 Å². The third kappa shape index (κ3) is 3.35. The van der Waals surface area contributed by atoms with E-state index in [9.17, 15) is 5.11 Å². The molecule has 0 heterocycles. The smallest absolute Gasteiger partial charge is 0.0861 e. The molecule has 1 N–H and O–H groups in total. The molecule has 0 radical (unpaired) electrons. The molecule has 94 valence electrons. The van der Waals surface area contributed by atoms with Gasteiger partial charge in [0.2, 0.25) is 0 Å². The maximum atomic E-state index is 10.2. The van der Waals surface area contributed by atoms with Gasteiger partial charge in [0.1, 0.15) is 0 Å². The van der Waals surface area contributed by atoms with Crippen molar-refractivity contribution in [2.24, 2.45) is 5.92 Å². The first-order chi connectivity index (χ1) is 8.11. The average Bonchev–Trinajstić information content (AvgIpc) is 3.09. The van der Waals surface area contributed by atoms with Crippen LogP contribution in [0, 0.1) is 5.92 Å². The molecular formula is C13H16Cl2O2. The van der Waals surface area contributed by atoms with Crippen LogP contribution in [0.15, 0.2) is 18.2 Å². The van der Waals surface area contributed by atoms with Crippen LogP contribution >= 0.6 is 23.2 Å². The number of benzene rings is 1. The summed E-state index contributed by atoms with van der Waals surface area (Å²) >= 11 is 12.0. The number of aliphatic hydroxyl groups excluding tert-OH is 1. The lowest BCUT2D eigenvalue weighted by Crippen LogP contribution is -2.31. The Morgan fingerprint density at radius 1 is 1.41 bits per heavy atom. The Kier molecular flexibility index (Phi) is 4.31. The van der Waals surface area contributed by atoms with Crippen LogP contribution in [0.4, 0.5) is 0 Å². The summed E-state index contributed by atoms with van der Waals surface area (Å²) in [5, 5.41) is 11.4. The monoisotopic (exact) mass is 274 g/mol. The summed E-state index contributed by atoms with van der Waals surface area (Å²) in [7, 11) is 1.64. The fraction of sp³-hybridized carbons (Fsp3) is 0.538. The number of hydrogen-bond donors (Lipinski definition) is 1. The molecule has 1 aromatic carbocycles. The van der Waals surface area contributed by atoms with Crippen molar-refractivity contribution in [1.82, 2.24) is 0 Å². The van der Waals surface area contributed by atoms with Crippen molar-refractivity contribution in [3.05, 3.63) is 33.8 Å². The van der Waals surface area contributed by atoms with E-state index in [1.807, 2.05) is 0 Å². The Morgan fingerprint density at radius 3 is 2.71 bits per heavy atom. The zero-order valence-corrected chi connectivity index (χ0v) is 11.2. The van der Waals surface area contributed by atoms with E-state index in [2.05, 4.69) is 0 Å². The van der Waals surface area contributed by atoms with Gasteiger partial charge in [-0.1, -0.05) is 23.2 Å². The molecule has 2 atom stereocenters. The van der Waals surface area contributed by atoms with Crippen LogP contribution in [0.3, 0.4) is 0 Å². The van der Waals surface area contributed by atoms with Gasteiger partial charge in [-0.15, -0.1) is 0 Å². The van der Waals surface area contributed by atoms with E-state index in [-0.39, 0.29) is 6.10 Å². The van der Waals surface area contributed by atoms with Crippen molar-refractivity contribution in [2.45, 2.75) is 31.5 Å². The zero-order chi connectivity index (χ0) is 12.4. The van der Waals surface area contributed by atoms with Crippen LogP contribution in [-0.2, 0) is 11.2 Å². The first-order valence-corrected chi connectivity index (χ1v) is 6.52. The third-order valence-corrected chi connectivity index (χ3v) is 3.78. The molecule has 2 unspecified atom stereocenters. The molecule has 17 heavy (non-hydrogen) atoms. The van der Waals surface area contributed by atoms with Gasteiger partial charge in [-0.25, -0.2) is 0 Å². The molecule has 2 rings (SSSR count). The van der Waals surface area contributed by atoms with Crippen molar-refractivity contribution in [3.63, 3.8) is 0 Å². The largest absolute Gasteiger partial charge is 0.390 e. The lowest BCUT2D eigenvalue weighted by atomic mass is 10.0. The second kappa shape index (κ2) is 5.57. The van der Waals surface area contributed by atoms with Gasteiger partial charge in [0.15, 0.2) is 0 Å². The fourth-order valence-corrected chi connectivity index (χ4v) is 2.52. The van der Waals surface area contributed by atoms with Gasteiger partial charge in [0.25, 0.3) is 0 Å². The summed E-state index contributed by atoms with van der Waals surface area (Å²) in [6.45, 7) is 0. The first kappa shape index (κ1) is 13.2. The normalized spacial score (nSPS) is 19.1. The highest BCUT2D eigenvalue weighted by atomic mass is 35.5. The molecule has 1 aromatic rings. The molecule has 1 fully saturated rings. The lowest BCUT2D eigenvalue weighted by Gasteiger charge is -2.21. The van der Waals surface area contributed by atoms with Crippen molar-refractivity contribution >= 4 is 23.2 Å². The predicted octanol–water partition coefficient (Wildman–Crippen LogP) is 3.32. The summed E-state index contributed by atoms with van der Waals surface area (Å²) < 4.78 is 5.35. The van der Waals surface area contributed by atoms with Crippen LogP contribution in [0.1, 0.15) is 18.4 Å². The van der Waals surface area contributed by atoms with Gasteiger partial charge >= 0.3 is 0 Å². The topological polar surface area (TPSA) is 29.5 Å². The van der Waals surface area contributed by atoms with Crippen LogP contribution < -0.4 is 0 Å². The fourth-order valence-electron chi connectivity index (χ4n) is 2.13. The quantitative estimate of drug-likeness (QED) is 0.893. The van der Waals surface area contributed by atoms with E-state index in [1.54, 1.807) is 25.3 Å². The molecule has 4 heteroatoms. The molecule has 0 aliphatic heterocycles. The molecule has 2 nitrogen and oxygen atoms in total. The predicted molar refractivity (Wildman–Crippen MR) is 69.7 cm³/mol. The number of rotatable bonds is 5. The maximum absolute atomic E-state index is 10.2. The molecule has 0 amide bonds. The lowest BCUT2D eigenvalue weighted by molar-refractivity contribution is -0.0237. The molecule has 1 aliphatic carbocycles. The van der Waals surface area contributed by atoms with Gasteiger partial charge in [-0.05, 0) is 42.5 Å². The molecule has 0 bridgehead atoms. The Hall–Kier alpha value is -0.280. The van der Waals surface area contributed by atoms with Gasteiger partial charge in [0.05, 0.1) is 12.2 Å². The van der Waals surface area contributed by atoms with Crippen molar-refractivity contribution in [1.29, 1.82) is 0 Å². The van der Waals surface area contributed by atoms with E-state index in [0.29, 0.717) is 22.4 Å². The minimum atomic E-state index is -0.525. The minimum Gasteiger partial charge on any atom is -0.390 e. The van der Waals surface area contributed by atoms with E-state index < -0.39 is 6.10 Å². The second-order valence-corrected chi connectivity index (χ2v) is 5.39. The maximum Gasteiger partial charge on any atom is 0.0861 e. The summed E-state index contributed by atoms with van der Waals surface area (Å²) in [5.41, 5.74) is 0.870. The van der Waals surface area contributed by atoms with Gasteiger partial charge in [-0.3, -0.25) is 0 Å². The van der Waals surface area contributed by atoms with Gasteiger partial charge < -0.3 is 9.84 Å². The Labute approximate surface area is 111 Å². The molecule has 0 aromatic heterocycles. The summed E-state index contributed by atoms with van der Waals surface area (Å²) in [4.78, 5) is 0. The van der Waals surface area contributed by atoms with Crippen LogP contribution in [-0.4, -0.2) is 24.4 Å². The van der Waals surface area contributed by atoms with Crippen LogP contribution in [0.5, 0.6) is 0 Å². The van der Waals surface area contributed by atoms with Gasteiger partial charge in [0, 0.05) is 23.6 Å². The minimum absolute atomic E-state index is 0.0925. The highest BCUT2D eigenvalue weighted by Crippen LogP contribution is 2.36. The number of aliphatic hydroxyl groups is 1. The zero-order valence-electron chi connectivity index (χ0n) is 9.70. The average molecular weight is 275 g/mol. The first-order valence-electron chi connectivity index (χ1n) is 5.76. The SMILES string of the molecule is COC(C(O)Cc1cc(Cl)ccc1Cl)C1CC1. The standard InChI is InChI=1S/C13H16Cl2O2/c1-17-13(8-2-3-8)12(16)7-9-6-10(14)4-5-11(9)15/h4-6,8,12-13,16H,2-3,7H2,1H3. The molecule has 1 aliphatic rings. The second-order valence-electron chi connectivity index (χ2n) is 4.54. The third-order valence-electron chi connectivity index (χ3n) is 3.17. The van der Waals surface area contributed by atoms with E-state index in [4.69, 9.17) is 27.9 Å². The number of ether oxygens (including phenoxy) is 1. The summed E-state index contributed by atoms with van der Waals surface area (Å²) in [5.74, 6) is 0.493.